The molecule has 27 heteroatoms. The molecule has 0 unspecified atom stereocenters. The number of carbonyl (C=O) groups is 2. The summed E-state index contributed by atoms with van der Waals surface area (Å²) in [6, 6.07) is 0. The Morgan fingerprint density at radius 3 is 1.65 bits per heavy atom. The smallest absolute Gasteiger partial charge is 0.338 e. The summed E-state index contributed by atoms with van der Waals surface area (Å²) in [5, 5.41) is 153. The molecule has 27 nitrogen and oxygen atoms in total. The second kappa shape index (κ2) is 25.7. The van der Waals surface area contributed by atoms with Gasteiger partial charge in [-0.05, 0) is 130 Å². The number of aliphatic hydroxyl groups is 14. The highest BCUT2D eigenvalue weighted by molar-refractivity contribution is 5.79. The molecule has 4 saturated carbocycles. The van der Waals surface area contributed by atoms with E-state index in [9.17, 15) is 76.3 Å². The van der Waals surface area contributed by atoms with E-state index in [1.165, 1.54) is 19.4 Å². The van der Waals surface area contributed by atoms with Gasteiger partial charge in [0.1, 0.15) is 104 Å². The van der Waals surface area contributed by atoms with Gasteiger partial charge in [0.25, 0.3) is 0 Å². The van der Waals surface area contributed by atoms with Gasteiger partial charge in [-0.3, -0.25) is 4.79 Å². The Morgan fingerprint density at radius 2 is 1.06 bits per heavy atom. The van der Waals surface area contributed by atoms with Gasteiger partial charge in [0.2, 0.25) is 6.29 Å². The standard InChI is InChI=1S/C62H100O27/c1-11-79-50(77)47-40(71)41(72)49(88-54-48(39(70)36(67)29(23-63)82-54)87-52-44(75)38(69)35(66)26(3)81-52)55(86-47)84-33-15-16-59(8)31(58(33,6)7)14-17-61(10)32(59)13-12-27-28-22-57(4,5)18-20-62(28,21-19-60(27,61)9)56(78)89-53-45(76)42(73)46(30(24-64)83-53)85-51-43(74)37(68)34(65)25(2)80-51/h12,25-26,28-49,51-55,63-76H,11,13-24H2,1-10H3/t25-,26-,28-,29+,30+,31-,32+,33-,34-,35-,36+,37+,38+,39-,40-,41-,42+,43+,44+,45+,46+,47-,48+,49+,51-,52-,53-,54-,55+,59-,60+,61+,62-/m0/s1. The van der Waals surface area contributed by atoms with Crippen molar-refractivity contribution in [2.75, 3.05) is 19.8 Å². The number of allylic oxidation sites excluding steroid dienone is 2. The van der Waals surface area contributed by atoms with E-state index in [2.05, 4.69) is 54.5 Å². The average molecular weight is 1280 g/mol. The Morgan fingerprint density at radius 1 is 0.528 bits per heavy atom. The Labute approximate surface area is 518 Å². The van der Waals surface area contributed by atoms with Gasteiger partial charge in [0.05, 0.1) is 43.5 Å². The predicted molar refractivity (Wildman–Crippen MR) is 302 cm³/mol. The van der Waals surface area contributed by atoms with Crippen molar-refractivity contribution in [3.63, 3.8) is 0 Å². The van der Waals surface area contributed by atoms with Gasteiger partial charge in [-0.2, -0.15) is 0 Å². The van der Waals surface area contributed by atoms with Gasteiger partial charge >= 0.3 is 11.9 Å². The third-order valence-electron chi connectivity index (χ3n) is 23.7. The molecule has 0 amide bonds. The predicted octanol–water partition coefficient (Wildman–Crippen LogP) is -1.59. The van der Waals surface area contributed by atoms with E-state index in [0.717, 1.165) is 12.8 Å². The first-order valence-electron chi connectivity index (χ1n) is 32.0. The van der Waals surface area contributed by atoms with Crippen molar-refractivity contribution in [3.8, 4) is 0 Å². The zero-order valence-corrected chi connectivity index (χ0v) is 52.6. The van der Waals surface area contributed by atoms with E-state index >= 15 is 4.79 Å². The molecular formula is C62H100O27. The minimum absolute atomic E-state index is 0.00360. The normalized spacial score (nSPS) is 53.0. The molecule has 9 fully saturated rings. The zero-order chi connectivity index (χ0) is 65.2. The molecule has 10 rings (SSSR count). The molecule has 14 N–H and O–H groups in total. The van der Waals surface area contributed by atoms with Gasteiger partial charge in [0.15, 0.2) is 31.3 Å². The number of hydrogen-bond acceptors (Lipinski definition) is 27. The minimum atomic E-state index is -1.97. The maximum absolute atomic E-state index is 15.2. The van der Waals surface area contributed by atoms with Crippen molar-refractivity contribution in [3.05, 3.63) is 11.6 Å². The lowest BCUT2D eigenvalue weighted by Crippen LogP contribution is -2.68. The molecule has 5 aliphatic heterocycles. The third kappa shape index (κ3) is 11.8. The number of carbonyl (C=O) groups excluding carboxylic acids is 2. The monoisotopic (exact) mass is 1280 g/mol. The molecule has 5 aliphatic carbocycles. The summed E-state index contributed by atoms with van der Waals surface area (Å²) >= 11 is 0. The summed E-state index contributed by atoms with van der Waals surface area (Å²) in [7, 11) is 0. The molecule has 0 aromatic carbocycles. The lowest BCUT2D eigenvalue weighted by Gasteiger charge is -2.71. The second-order valence-corrected chi connectivity index (χ2v) is 29.5. The quantitative estimate of drug-likeness (QED) is 0.0530. The summed E-state index contributed by atoms with van der Waals surface area (Å²) in [5.41, 5.74) is -1.68. The van der Waals surface area contributed by atoms with E-state index in [1.807, 2.05) is 0 Å². The van der Waals surface area contributed by atoms with Crippen LogP contribution in [0.3, 0.4) is 0 Å². The van der Waals surface area contributed by atoms with Crippen LogP contribution in [0.15, 0.2) is 11.6 Å². The van der Waals surface area contributed by atoms with Gasteiger partial charge < -0.3 is 124 Å². The SMILES string of the molecule is CCOC(=O)[C@H]1O[C@@H](O[C@H]2CC[C@]3(C)[C@H]4CC=C5[C@@H]6CC(C)(C)CC[C@]6(C(=O)O[C@@H]6O[C@H](CO)[C@@H](O[C@@H]7O[C@@H](C)[C@H](O)[C@@H](O)[C@H]7O)[C@H](O)[C@H]6O)CC[C@@]5(C)[C@]4(C)CC[C@H]3C2(C)C)[C@H](O[C@@H]2O[C@H](CO)[C@@H](O)[C@H](O)[C@H]2O[C@@H]2O[C@@H](C)[C@H](O)[C@@H](O)[C@H]2O)[C@@H](O)[C@@H]1O. The molecule has 0 spiro atoms. The van der Waals surface area contributed by atoms with Crippen LogP contribution in [0.1, 0.15) is 133 Å². The number of hydrogen-bond donors (Lipinski definition) is 14. The van der Waals surface area contributed by atoms with Crippen molar-refractivity contribution in [2.24, 2.45) is 50.2 Å². The molecule has 0 aromatic heterocycles. The topological polar surface area (TPSA) is 419 Å². The van der Waals surface area contributed by atoms with Crippen LogP contribution < -0.4 is 0 Å². The van der Waals surface area contributed by atoms with Crippen LogP contribution in [-0.2, 0) is 61.7 Å². The first kappa shape index (κ1) is 69.6. The Hall–Kier alpha value is -2.24. The molecular weight excluding hydrogens is 1180 g/mol. The summed E-state index contributed by atoms with van der Waals surface area (Å²) in [5.74, 6) is -1.72. The Balaban J connectivity index is 0.887. The Kier molecular flexibility index (Phi) is 20.1. The number of aliphatic hydroxyl groups excluding tert-OH is 14. The molecule has 33 atom stereocenters. The van der Waals surface area contributed by atoms with Crippen LogP contribution in [-0.4, -0.2) is 263 Å². The molecule has 0 bridgehead atoms. The van der Waals surface area contributed by atoms with E-state index in [0.29, 0.717) is 51.4 Å². The van der Waals surface area contributed by atoms with Crippen molar-refractivity contribution < 1.29 is 133 Å². The third-order valence-corrected chi connectivity index (χ3v) is 23.7. The first-order valence-corrected chi connectivity index (χ1v) is 32.0. The molecule has 0 aromatic rings. The highest BCUT2D eigenvalue weighted by atomic mass is 16.8. The highest BCUT2D eigenvalue weighted by Gasteiger charge is 2.71. The molecule has 89 heavy (non-hydrogen) atoms. The lowest BCUT2D eigenvalue weighted by molar-refractivity contribution is -0.395. The molecule has 0 radical (unpaired) electrons. The average Bonchev–Trinajstić information content (AvgIpc) is 0.678. The van der Waals surface area contributed by atoms with Gasteiger partial charge in [-0.15, -0.1) is 0 Å². The highest BCUT2D eigenvalue weighted by Crippen LogP contribution is 2.76. The summed E-state index contributed by atoms with van der Waals surface area (Å²) in [6.07, 6.45) is -33.6. The van der Waals surface area contributed by atoms with Crippen LogP contribution in [0.25, 0.3) is 0 Å². The van der Waals surface area contributed by atoms with Crippen LogP contribution >= 0.6 is 0 Å². The number of rotatable bonds is 14. The molecule has 10 aliphatic rings. The van der Waals surface area contributed by atoms with Gasteiger partial charge in [0, 0.05) is 0 Å². The van der Waals surface area contributed by atoms with Crippen molar-refractivity contribution in [1.29, 1.82) is 0 Å². The number of ether oxygens (including phenoxy) is 11. The lowest BCUT2D eigenvalue weighted by atomic mass is 9.33. The van der Waals surface area contributed by atoms with Crippen LogP contribution in [0.5, 0.6) is 0 Å². The van der Waals surface area contributed by atoms with Crippen molar-refractivity contribution in [2.45, 2.75) is 293 Å². The second-order valence-electron chi connectivity index (χ2n) is 29.5. The van der Waals surface area contributed by atoms with E-state index < -0.39 is 201 Å². The van der Waals surface area contributed by atoms with Crippen molar-refractivity contribution in [1.82, 2.24) is 0 Å². The Bertz CT molecular complexity index is 2520. The molecule has 510 valence electrons. The fraction of sp³-hybridized carbons (Fsp3) is 0.935. The van der Waals surface area contributed by atoms with Crippen LogP contribution in [0.4, 0.5) is 0 Å². The number of esters is 2. The van der Waals surface area contributed by atoms with Gasteiger partial charge in [-0.1, -0.05) is 60.1 Å². The first-order chi connectivity index (χ1) is 41.7. The summed E-state index contributed by atoms with van der Waals surface area (Å²) in [6.45, 7) is 18.4. The zero-order valence-electron chi connectivity index (χ0n) is 52.6. The van der Waals surface area contributed by atoms with E-state index in [-0.39, 0.29) is 40.6 Å². The summed E-state index contributed by atoms with van der Waals surface area (Å²) in [4.78, 5) is 28.6. The van der Waals surface area contributed by atoms with Crippen LogP contribution in [0, 0.1) is 50.2 Å². The van der Waals surface area contributed by atoms with Crippen molar-refractivity contribution >= 4 is 11.9 Å². The maximum Gasteiger partial charge on any atom is 0.338 e. The molecule has 5 saturated heterocycles. The fourth-order valence-electron chi connectivity index (χ4n) is 18.1. The van der Waals surface area contributed by atoms with Crippen LogP contribution in [0.2, 0.25) is 0 Å². The fourth-order valence-corrected chi connectivity index (χ4v) is 18.1. The largest absolute Gasteiger partial charge is 0.464 e. The minimum Gasteiger partial charge on any atom is -0.464 e. The number of fused-ring (bicyclic) bond motifs is 7. The molecule has 5 heterocycles. The maximum atomic E-state index is 15.2. The van der Waals surface area contributed by atoms with Gasteiger partial charge in [-0.25, -0.2) is 4.79 Å². The van der Waals surface area contributed by atoms with E-state index in [1.54, 1.807) is 6.92 Å². The summed E-state index contributed by atoms with van der Waals surface area (Å²) < 4.78 is 66.0. The van der Waals surface area contributed by atoms with E-state index in [4.69, 9.17) is 52.1 Å².